The van der Waals surface area contributed by atoms with Gasteiger partial charge in [-0.05, 0) is 48.1 Å². The molecule has 4 nitrogen and oxygen atoms in total. The number of ether oxygens (including phenoxy) is 1. The molecule has 153 valence electrons. The molecule has 0 spiro atoms. The molecule has 2 heterocycles. The lowest BCUT2D eigenvalue weighted by Crippen LogP contribution is -2.38. The SMILES string of the molecule is C[Si](C)CC1Cc2c(cccc2C(=O)N2CCC(c3cccc(CN)c3)CC2)O1. The molecule has 1 radical (unpaired) electrons. The number of nitrogens with zero attached hydrogens (tertiary/aromatic N) is 1. The summed E-state index contributed by atoms with van der Waals surface area (Å²) in [5.74, 6) is 1.59. The van der Waals surface area contributed by atoms with E-state index in [1.807, 2.05) is 23.1 Å². The fourth-order valence-corrected chi connectivity index (χ4v) is 5.80. The lowest BCUT2D eigenvalue weighted by molar-refractivity contribution is 0.0712. The Balaban J connectivity index is 1.43. The normalized spacial score (nSPS) is 19.3. The van der Waals surface area contributed by atoms with Crippen LogP contribution in [0.5, 0.6) is 5.75 Å². The second kappa shape index (κ2) is 8.72. The number of piperidine rings is 1. The van der Waals surface area contributed by atoms with E-state index >= 15 is 0 Å². The summed E-state index contributed by atoms with van der Waals surface area (Å²) in [5.41, 5.74) is 10.3. The molecule has 2 aliphatic rings. The van der Waals surface area contributed by atoms with Crippen LogP contribution in [0.1, 0.15) is 45.8 Å². The van der Waals surface area contributed by atoms with Gasteiger partial charge in [-0.3, -0.25) is 4.79 Å². The first-order valence-corrected chi connectivity index (χ1v) is 13.4. The maximum Gasteiger partial charge on any atom is 0.254 e. The molecule has 0 aliphatic carbocycles. The van der Waals surface area contributed by atoms with Crippen LogP contribution in [0.3, 0.4) is 0 Å². The number of rotatable bonds is 5. The highest BCUT2D eigenvalue weighted by Crippen LogP contribution is 2.35. The molecule has 1 fully saturated rings. The molecule has 1 saturated heterocycles. The van der Waals surface area contributed by atoms with Gasteiger partial charge >= 0.3 is 0 Å². The zero-order chi connectivity index (χ0) is 20.4. The number of carbonyl (C=O) groups is 1. The molecule has 1 unspecified atom stereocenters. The zero-order valence-corrected chi connectivity index (χ0v) is 18.5. The number of amides is 1. The Labute approximate surface area is 175 Å². The predicted octanol–water partition coefficient (Wildman–Crippen LogP) is 4.22. The molecule has 2 N–H and O–H groups in total. The first-order valence-electron chi connectivity index (χ1n) is 10.7. The molecule has 1 amide bonds. The van der Waals surface area contributed by atoms with Crippen molar-refractivity contribution in [1.29, 1.82) is 0 Å². The molecule has 2 aliphatic heterocycles. The molecule has 5 heteroatoms. The maximum atomic E-state index is 13.3. The van der Waals surface area contributed by atoms with Crippen molar-refractivity contribution in [1.82, 2.24) is 4.90 Å². The first-order chi connectivity index (χ1) is 14.0. The van der Waals surface area contributed by atoms with E-state index in [0.717, 1.165) is 55.3 Å². The third-order valence-corrected chi connectivity index (χ3v) is 7.44. The van der Waals surface area contributed by atoms with Crippen LogP contribution >= 0.6 is 0 Å². The highest BCUT2D eigenvalue weighted by Gasteiger charge is 2.31. The van der Waals surface area contributed by atoms with Gasteiger partial charge in [0.2, 0.25) is 0 Å². The molecule has 0 aromatic heterocycles. The number of nitrogens with two attached hydrogens (primary N) is 1. The maximum absolute atomic E-state index is 13.3. The van der Waals surface area contributed by atoms with Crippen molar-refractivity contribution in [2.24, 2.45) is 5.73 Å². The Hall–Kier alpha value is -2.11. The average Bonchev–Trinajstić information content (AvgIpc) is 3.15. The quantitative estimate of drug-likeness (QED) is 0.755. The van der Waals surface area contributed by atoms with Crippen LogP contribution in [-0.4, -0.2) is 38.8 Å². The molecule has 29 heavy (non-hydrogen) atoms. The van der Waals surface area contributed by atoms with Gasteiger partial charge in [-0.1, -0.05) is 43.4 Å². The fraction of sp³-hybridized carbons (Fsp3) is 0.458. The average molecular weight is 408 g/mol. The fourth-order valence-electron chi connectivity index (χ4n) is 4.67. The highest BCUT2D eigenvalue weighted by atomic mass is 28.3. The van der Waals surface area contributed by atoms with E-state index in [9.17, 15) is 4.79 Å². The van der Waals surface area contributed by atoms with Gasteiger partial charge in [-0.2, -0.15) is 0 Å². The smallest absolute Gasteiger partial charge is 0.254 e. The molecule has 2 aromatic rings. The van der Waals surface area contributed by atoms with Crippen LogP contribution in [0.15, 0.2) is 42.5 Å². The number of benzene rings is 2. The third kappa shape index (κ3) is 4.41. The Bertz CT molecular complexity index is 875. The van der Waals surface area contributed by atoms with E-state index in [1.165, 1.54) is 11.1 Å². The monoisotopic (exact) mass is 407 g/mol. The Morgan fingerprint density at radius 1 is 1.17 bits per heavy atom. The van der Waals surface area contributed by atoms with Crippen LogP contribution in [0, 0.1) is 0 Å². The van der Waals surface area contributed by atoms with E-state index in [-0.39, 0.29) is 20.8 Å². The Kier molecular flexibility index (Phi) is 6.06. The topological polar surface area (TPSA) is 55.6 Å². The van der Waals surface area contributed by atoms with E-state index in [4.69, 9.17) is 10.5 Å². The minimum absolute atomic E-state index is 0.166. The number of hydrogen-bond donors (Lipinski definition) is 1. The van der Waals surface area contributed by atoms with Crippen LogP contribution in [0.25, 0.3) is 0 Å². The van der Waals surface area contributed by atoms with Crippen LogP contribution in [-0.2, 0) is 13.0 Å². The van der Waals surface area contributed by atoms with Gasteiger partial charge < -0.3 is 15.4 Å². The molecule has 4 rings (SSSR count). The largest absolute Gasteiger partial charge is 0.490 e. The summed E-state index contributed by atoms with van der Waals surface area (Å²) in [5, 5.41) is 0. The van der Waals surface area contributed by atoms with Gasteiger partial charge in [0.1, 0.15) is 11.9 Å². The van der Waals surface area contributed by atoms with Crippen molar-refractivity contribution in [3.63, 3.8) is 0 Å². The minimum Gasteiger partial charge on any atom is -0.490 e. The van der Waals surface area contributed by atoms with Crippen LogP contribution in [0.4, 0.5) is 0 Å². The third-order valence-electron chi connectivity index (χ3n) is 6.17. The first kappa shape index (κ1) is 20.2. The van der Waals surface area contributed by atoms with Crippen LogP contribution < -0.4 is 10.5 Å². The second-order valence-corrected chi connectivity index (χ2v) is 11.5. The van der Waals surface area contributed by atoms with Gasteiger partial charge in [0.25, 0.3) is 5.91 Å². The van der Waals surface area contributed by atoms with Gasteiger partial charge in [0.05, 0.1) is 0 Å². The van der Waals surface area contributed by atoms with E-state index in [0.29, 0.717) is 12.5 Å². The van der Waals surface area contributed by atoms with Gasteiger partial charge in [0, 0.05) is 46.0 Å². The Morgan fingerprint density at radius 2 is 1.93 bits per heavy atom. The van der Waals surface area contributed by atoms with Crippen molar-refractivity contribution in [2.75, 3.05) is 13.1 Å². The summed E-state index contributed by atoms with van der Waals surface area (Å²) >= 11 is 0. The summed E-state index contributed by atoms with van der Waals surface area (Å²) in [7, 11) is -0.352. The molecule has 2 aromatic carbocycles. The van der Waals surface area contributed by atoms with Crippen LogP contribution in [0.2, 0.25) is 19.1 Å². The van der Waals surface area contributed by atoms with E-state index in [1.54, 1.807) is 0 Å². The van der Waals surface area contributed by atoms with Crippen molar-refractivity contribution in [2.45, 2.75) is 57.0 Å². The lowest BCUT2D eigenvalue weighted by atomic mass is 9.88. The number of likely N-dealkylation sites (tertiary alicyclic amines) is 1. The summed E-state index contributed by atoms with van der Waals surface area (Å²) < 4.78 is 6.14. The van der Waals surface area contributed by atoms with Gasteiger partial charge in [-0.25, -0.2) is 0 Å². The predicted molar refractivity (Wildman–Crippen MR) is 119 cm³/mol. The van der Waals surface area contributed by atoms with Crippen molar-refractivity contribution in [3.8, 4) is 5.75 Å². The molecular formula is C24H31N2O2Si. The molecule has 1 atom stereocenters. The number of carbonyl (C=O) groups excluding carboxylic acids is 1. The van der Waals surface area contributed by atoms with Gasteiger partial charge in [0.15, 0.2) is 0 Å². The van der Waals surface area contributed by atoms with Crippen molar-refractivity contribution in [3.05, 3.63) is 64.7 Å². The van der Waals surface area contributed by atoms with Gasteiger partial charge in [-0.15, -0.1) is 0 Å². The minimum atomic E-state index is -0.352. The Morgan fingerprint density at radius 3 is 2.66 bits per heavy atom. The lowest BCUT2D eigenvalue weighted by Gasteiger charge is -2.32. The van der Waals surface area contributed by atoms with Crippen molar-refractivity contribution >= 4 is 14.7 Å². The summed E-state index contributed by atoms with van der Waals surface area (Å²) in [4.78, 5) is 15.3. The molecule has 0 bridgehead atoms. The summed E-state index contributed by atoms with van der Waals surface area (Å²) in [6.45, 7) is 6.82. The number of hydrogen-bond acceptors (Lipinski definition) is 3. The second-order valence-electron chi connectivity index (χ2n) is 8.65. The number of fused-ring (bicyclic) bond motifs is 1. The summed E-state index contributed by atoms with van der Waals surface area (Å²) in [6, 6.07) is 15.7. The highest BCUT2D eigenvalue weighted by molar-refractivity contribution is 6.55. The summed E-state index contributed by atoms with van der Waals surface area (Å²) in [6.07, 6.45) is 3.12. The van der Waals surface area contributed by atoms with E-state index < -0.39 is 0 Å². The molecule has 0 saturated carbocycles. The molecular weight excluding hydrogens is 376 g/mol. The van der Waals surface area contributed by atoms with E-state index in [2.05, 4.69) is 37.4 Å². The zero-order valence-electron chi connectivity index (χ0n) is 17.5. The standard InChI is InChI=1S/C24H31N2O2Si/c1-29(2)16-20-14-22-21(7-4-8-23(22)28-20)24(27)26-11-9-18(10-12-26)19-6-3-5-17(13-19)15-25/h3-8,13,18,20H,9-12,14-16,25H2,1-2H3. The van der Waals surface area contributed by atoms with Crippen molar-refractivity contribution < 1.29 is 9.53 Å².